The molecule has 1 aromatic heterocycles. The van der Waals surface area contributed by atoms with Crippen molar-refractivity contribution >= 4 is 6.03 Å². The van der Waals surface area contributed by atoms with Crippen molar-refractivity contribution < 1.29 is 9.90 Å². The van der Waals surface area contributed by atoms with Crippen molar-refractivity contribution in [1.29, 1.82) is 0 Å². The van der Waals surface area contributed by atoms with Crippen LogP contribution < -0.4 is 10.6 Å². The summed E-state index contributed by atoms with van der Waals surface area (Å²) >= 11 is 0. The van der Waals surface area contributed by atoms with Crippen molar-refractivity contribution in [1.82, 2.24) is 25.4 Å². The third kappa shape index (κ3) is 4.69. The number of aromatic nitrogens is 3. The Morgan fingerprint density at radius 3 is 2.83 bits per heavy atom. The number of hydrogen-bond acceptors (Lipinski definition) is 4. The van der Waals surface area contributed by atoms with Gasteiger partial charge in [-0.2, -0.15) is 0 Å². The van der Waals surface area contributed by atoms with E-state index in [2.05, 4.69) is 25.4 Å². The van der Waals surface area contributed by atoms with Crippen LogP contribution in [-0.4, -0.2) is 44.6 Å². The predicted molar refractivity (Wildman–Crippen MR) is 90.7 cm³/mol. The van der Waals surface area contributed by atoms with Crippen LogP contribution in [0.3, 0.4) is 0 Å². The van der Waals surface area contributed by atoms with Gasteiger partial charge in [-0.25, -0.2) is 4.79 Å². The Morgan fingerprint density at radius 1 is 1.17 bits per heavy atom. The molecule has 0 atom stereocenters. The minimum Gasteiger partial charge on any atom is -0.393 e. The number of amides is 2. The van der Waals surface area contributed by atoms with Gasteiger partial charge in [0, 0.05) is 32.0 Å². The normalized spacial score (nSPS) is 24.0. The Hall–Kier alpha value is -1.63. The van der Waals surface area contributed by atoms with E-state index in [0.717, 1.165) is 63.1 Å². The molecule has 134 valence electrons. The van der Waals surface area contributed by atoms with E-state index in [-0.39, 0.29) is 18.2 Å². The second kappa shape index (κ2) is 8.46. The second-order valence-corrected chi connectivity index (χ2v) is 7.00. The first kappa shape index (κ1) is 17.2. The van der Waals surface area contributed by atoms with Crippen molar-refractivity contribution in [3.8, 4) is 0 Å². The van der Waals surface area contributed by atoms with Crippen LogP contribution in [0.15, 0.2) is 0 Å². The molecule has 7 heteroatoms. The van der Waals surface area contributed by atoms with E-state index in [1.807, 2.05) is 0 Å². The molecule has 0 aromatic carbocycles. The zero-order chi connectivity index (χ0) is 16.8. The Balaban J connectivity index is 1.35. The molecule has 0 saturated heterocycles. The molecule has 2 aliphatic rings. The first-order valence-electron chi connectivity index (χ1n) is 9.36. The Bertz CT molecular complexity index is 537. The molecular formula is C17H29N5O2. The summed E-state index contributed by atoms with van der Waals surface area (Å²) in [6.07, 6.45) is 9.52. The molecule has 0 bridgehead atoms. The summed E-state index contributed by atoms with van der Waals surface area (Å²) in [5.74, 6) is 2.17. The van der Waals surface area contributed by atoms with Gasteiger partial charge >= 0.3 is 6.03 Å². The van der Waals surface area contributed by atoms with Crippen LogP contribution in [-0.2, 0) is 19.4 Å². The molecule has 2 heterocycles. The summed E-state index contributed by atoms with van der Waals surface area (Å²) < 4.78 is 2.26. The smallest absolute Gasteiger partial charge is 0.315 e. The largest absolute Gasteiger partial charge is 0.393 e. The third-order valence-electron chi connectivity index (χ3n) is 5.08. The van der Waals surface area contributed by atoms with Gasteiger partial charge in [0.1, 0.15) is 11.6 Å². The Kier molecular flexibility index (Phi) is 6.07. The maximum Gasteiger partial charge on any atom is 0.315 e. The van der Waals surface area contributed by atoms with Gasteiger partial charge in [0.25, 0.3) is 0 Å². The van der Waals surface area contributed by atoms with Crippen molar-refractivity contribution in [2.24, 2.45) is 0 Å². The van der Waals surface area contributed by atoms with Crippen LogP contribution in [0.5, 0.6) is 0 Å². The molecular weight excluding hydrogens is 306 g/mol. The summed E-state index contributed by atoms with van der Waals surface area (Å²) in [7, 11) is 0. The van der Waals surface area contributed by atoms with Crippen LogP contribution in [0.4, 0.5) is 4.79 Å². The number of hydrogen-bond donors (Lipinski definition) is 3. The molecule has 3 rings (SSSR count). The number of nitrogens with one attached hydrogen (secondary N) is 2. The molecule has 2 amide bonds. The number of carbonyl (C=O) groups excluding carboxylic acids is 1. The average molecular weight is 335 g/mol. The van der Waals surface area contributed by atoms with Crippen LogP contribution >= 0.6 is 0 Å². The molecule has 1 aromatic rings. The van der Waals surface area contributed by atoms with E-state index in [1.165, 1.54) is 19.3 Å². The molecule has 0 spiro atoms. The minimum absolute atomic E-state index is 0.100. The highest BCUT2D eigenvalue weighted by molar-refractivity contribution is 5.74. The number of aliphatic hydroxyl groups is 1. The lowest BCUT2D eigenvalue weighted by Crippen LogP contribution is -2.44. The molecule has 1 saturated carbocycles. The monoisotopic (exact) mass is 335 g/mol. The fourth-order valence-electron chi connectivity index (χ4n) is 3.64. The molecule has 1 aliphatic carbocycles. The zero-order valence-corrected chi connectivity index (χ0v) is 14.3. The Morgan fingerprint density at radius 2 is 2.00 bits per heavy atom. The molecule has 3 N–H and O–H groups in total. The van der Waals surface area contributed by atoms with E-state index < -0.39 is 0 Å². The Labute approximate surface area is 143 Å². The lowest BCUT2D eigenvalue weighted by Gasteiger charge is -2.26. The van der Waals surface area contributed by atoms with Crippen molar-refractivity contribution in [3.05, 3.63) is 11.6 Å². The maximum absolute atomic E-state index is 11.9. The third-order valence-corrected chi connectivity index (χ3v) is 5.08. The molecule has 0 radical (unpaired) electrons. The van der Waals surface area contributed by atoms with E-state index in [4.69, 9.17) is 0 Å². The van der Waals surface area contributed by atoms with Crippen LogP contribution in [0.1, 0.15) is 63.0 Å². The van der Waals surface area contributed by atoms with Crippen molar-refractivity contribution in [2.45, 2.75) is 82.9 Å². The number of aliphatic hydroxyl groups excluding tert-OH is 1. The summed E-state index contributed by atoms with van der Waals surface area (Å²) in [5, 5.41) is 24.0. The number of rotatable bonds is 5. The van der Waals surface area contributed by atoms with Gasteiger partial charge in [0.15, 0.2) is 0 Å². The summed E-state index contributed by atoms with van der Waals surface area (Å²) in [5.41, 5.74) is 0. The molecule has 24 heavy (non-hydrogen) atoms. The van der Waals surface area contributed by atoms with Gasteiger partial charge in [0.05, 0.1) is 6.10 Å². The number of carbonyl (C=O) groups is 1. The average Bonchev–Trinajstić information content (AvgIpc) is 2.80. The van der Waals surface area contributed by atoms with E-state index >= 15 is 0 Å². The van der Waals surface area contributed by atoms with Gasteiger partial charge in [-0.15, -0.1) is 10.2 Å². The molecule has 1 aliphatic heterocycles. The fourth-order valence-corrected chi connectivity index (χ4v) is 3.64. The first-order valence-corrected chi connectivity index (χ1v) is 9.36. The van der Waals surface area contributed by atoms with E-state index in [9.17, 15) is 9.90 Å². The van der Waals surface area contributed by atoms with Gasteiger partial charge in [-0.3, -0.25) is 0 Å². The van der Waals surface area contributed by atoms with Gasteiger partial charge in [0.2, 0.25) is 0 Å². The van der Waals surface area contributed by atoms with Crippen LogP contribution in [0.2, 0.25) is 0 Å². The van der Waals surface area contributed by atoms with Crippen LogP contribution in [0.25, 0.3) is 0 Å². The number of fused-ring (bicyclic) bond motifs is 1. The summed E-state index contributed by atoms with van der Waals surface area (Å²) in [4.78, 5) is 11.9. The minimum atomic E-state index is -0.190. The van der Waals surface area contributed by atoms with Crippen molar-refractivity contribution in [2.75, 3.05) is 6.54 Å². The van der Waals surface area contributed by atoms with Gasteiger partial charge < -0.3 is 20.3 Å². The fraction of sp³-hybridized carbons (Fsp3) is 0.824. The number of urea groups is 1. The van der Waals surface area contributed by atoms with Gasteiger partial charge in [-0.1, -0.05) is 6.42 Å². The zero-order valence-electron chi connectivity index (χ0n) is 14.3. The standard InChI is InChI=1S/C17H29N5O2/c23-14-9-7-13(8-10-14)19-17(24)18-11-4-6-16-21-20-15-5-2-1-3-12-22(15)16/h13-14,23H,1-12H2,(H2,18,19,24). The SMILES string of the molecule is O=C(NCCCc1nnc2n1CCCCC2)NC1CCC(O)CC1. The topological polar surface area (TPSA) is 92.1 Å². The number of aryl methyl sites for hydroxylation is 2. The lowest BCUT2D eigenvalue weighted by molar-refractivity contribution is 0.117. The summed E-state index contributed by atoms with van der Waals surface area (Å²) in [6, 6.07) is 0.0946. The molecule has 0 unspecified atom stereocenters. The predicted octanol–water partition coefficient (Wildman–Crippen LogP) is 1.54. The highest BCUT2D eigenvalue weighted by atomic mass is 16.3. The number of nitrogens with zero attached hydrogens (tertiary/aromatic N) is 3. The molecule has 7 nitrogen and oxygen atoms in total. The quantitative estimate of drug-likeness (QED) is 0.712. The highest BCUT2D eigenvalue weighted by Crippen LogP contribution is 2.18. The van der Waals surface area contributed by atoms with E-state index in [0.29, 0.717) is 6.54 Å². The first-order chi connectivity index (χ1) is 11.7. The van der Waals surface area contributed by atoms with Gasteiger partial charge in [-0.05, 0) is 44.9 Å². The highest BCUT2D eigenvalue weighted by Gasteiger charge is 2.20. The van der Waals surface area contributed by atoms with Crippen LogP contribution in [0, 0.1) is 0 Å². The lowest BCUT2D eigenvalue weighted by atomic mass is 9.93. The summed E-state index contributed by atoms with van der Waals surface area (Å²) in [6.45, 7) is 1.67. The maximum atomic E-state index is 11.9. The van der Waals surface area contributed by atoms with Crippen molar-refractivity contribution in [3.63, 3.8) is 0 Å². The van der Waals surface area contributed by atoms with E-state index in [1.54, 1.807) is 0 Å². The second-order valence-electron chi connectivity index (χ2n) is 7.00. The molecule has 1 fully saturated rings.